The molecule has 6 heteroatoms. The Morgan fingerprint density at radius 2 is 2.04 bits per heavy atom. The molecule has 1 unspecified atom stereocenters. The highest BCUT2D eigenvalue weighted by Crippen LogP contribution is 2.23. The van der Waals surface area contributed by atoms with Crippen LogP contribution in [0.4, 0.5) is 11.8 Å². The van der Waals surface area contributed by atoms with Crippen LogP contribution in [0.3, 0.4) is 0 Å². The monoisotopic (exact) mass is 367 g/mol. The Labute approximate surface area is 161 Å². The maximum Gasteiger partial charge on any atom is 0.227 e. The highest BCUT2D eigenvalue weighted by molar-refractivity contribution is 5.44. The molecular formula is C21H29N5O. The quantitative estimate of drug-likeness (QED) is 0.808. The van der Waals surface area contributed by atoms with Gasteiger partial charge in [-0.2, -0.15) is 4.98 Å². The van der Waals surface area contributed by atoms with E-state index in [1.54, 1.807) is 0 Å². The molecule has 0 amide bonds. The number of benzene rings is 1. The highest BCUT2D eigenvalue weighted by Gasteiger charge is 2.27. The lowest BCUT2D eigenvalue weighted by Gasteiger charge is -2.29. The van der Waals surface area contributed by atoms with Crippen LogP contribution in [0.5, 0.6) is 0 Å². The molecule has 3 heterocycles. The van der Waals surface area contributed by atoms with Crippen molar-refractivity contribution in [3.05, 3.63) is 47.7 Å². The Balaban J connectivity index is 1.39. The van der Waals surface area contributed by atoms with E-state index < -0.39 is 0 Å². The van der Waals surface area contributed by atoms with Gasteiger partial charge >= 0.3 is 0 Å². The van der Waals surface area contributed by atoms with Gasteiger partial charge in [-0.1, -0.05) is 29.8 Å². The first-order valence-electron chi connectivity index (χ1n) is 9.85. The summed E-state index contributed by atoms with van der Waals surface area (Å²) in [5.74, 6) is 1.83. The number of nitrogens with zero attached hydrogens (tertiary/aromatic N) is 5. The van der Waals surface area contributed by atoms with Gasteiger partial charge in [0, 0.05) is 52.0 Å². The molecule has 27 heavy (non-hydrogen) atoms. The minimum atomic E-state index is 0.488. The van der Waals surface area contributed by atoms with Crippen LogP contribution in [-0.4, -0.2) is 67.4 Å². The zero-order valence-corrected chi connectivity index (χ0v) is 16.3. The van der Waals surface area contributed by atoms with Gasteiger partial charge in [0.1, 0.15) is 5.82 Å². The van der Waals surface area contributed by atoms with Gasteiger partial charge in [0.05, 0.1) is 13.2 Å². The molecule has 2 aliphatic heterocycles. The third-order valence-corrected chi connectivity index (χ3v) is 5.57. The van der Waals surface area contributed by atoms with Crippen LogP contribution in [0, 0.1) is 6.92 Å². The van der Waals surface area contributed by atoms with E-state index in [9.17, 15) is 0 Å². The second-order valence-electron chi connectivity index (χ2n) is 7.59. The maximum atomic E-state index is 5.43. The van der Waals surface area contributed by atoms with Crippen molar-refractivity contribution >= 4 is 11.8 Å². The number of aryl methyl sites for hydroxylation is 1. The number of anilines is 2. The fraction of sp³-hybridized carbons (Fsp3) is 0.524. The van der Waals surface area contributed by atoms with Crippen LogP contribution in [-0.2, 0) is 11.3 Å². The normalized spacial score (nSPS) is 20.8. The number of aromatic nitrogens is 2. The molecule has 0 N–H and O–H groups in total. The van der Waals surface area contributed by atoms with Crippen molar-refractivity contribution < 1.29 is 4.74 Å². The van der Waals surface area contributed by atoms with E-state index in [4.69, 9.17) is 9.72 Å². The van der Waals surface area contributed by atoms with Crippen molar-refractivity contribution in [1.82, 2.24) is 14.9 Å². The average molecular weight is 367 g/mol. The van der Waals surface area contributed by atoms with Crippen LogP contribution in [0.1, 0.15) is 17.5 Å². The van der Waals surface area contributed by atoms with E-state index >= 15 is 0 Å². The van der Waals surface area contributed by atoms with Crippen LogP contribution in [0.25, 0.3) is 0 Å². The number of morpholine rings is 1. The molecule has 2 fully saturated rings. The molecule has 144 valence electrons. The van der Waals surface area contributed by atoms with Crippen molar-refractivity contribution in [1.29, 1.82) is 0 Å². The summed E-state index contributed by atoms with van der Waals surface area (Å²) in [7, 11) is 2.16. The van der Waals surface area contributed by atoms with E-state index in [1.165, 1.54) is 17.5 Å². The van der Waals surface area contributed by atoms with Crippen LogP contribution in [0.15, 0.2) is 36.5 Å². The van der Waals surface area contributed by atoms with Crippen molar-refractivity contribution in [3.8, 4) is 0 Å². The molecule has 2 aromatic rings. The van der Waals surface area contributed by atoms with Crippen molar-refractivity contribution in [2.45, 2.75) is 25.9 Å². The number of likely N-dealkylation sites (N-methyl/N-ethyl adjacent to an activating group) is 1. The molecule has 1 atom stereocenters. The summed E-state index contributed by atoms with van der Waals surface area (Å²) in [6.45, 7) is 8.60. The van der Waals surface area contributed by atoms with E-state index in [0.29, 0.717) is 6.04 Å². The van der Waals surface area contributed by atoms with Gasteiger partial charge in [-0.15, -0.1) is 0 Å². The van der Waals surface area contributed by atoms with Crippen molar-refractivity contribution in [3.63, 3.8) is 0 Å². The smallest absolute Gasteiger partial charge is 0.227 e. The Bertz CT molecular complexity index is 762. The first kappa shape index (κ1) is 18.2. The standard InChI is InChI=1S/C21H29N5O/c1-17-4-3-5-18(14-17)15-25-9-7-19(16-25)24(2)20-6-8-22-21(23-20)26-10-12-27-13-11-26/h3-6,8,14,19H,7,9-13,15-16H2,1-2H3. The average Bonchev–Trinajstić information content (AvgIpc) is 3.16. The number of ether oxygens (including phenoxy) is 1. The zero-order valence-electron chi connectivity index (χ0n) is 16.3. The lowest BCUT2D eigenvalue weighted by atomic mass is 10.1. The van der Waals surface area contributed by atoms with E-state index in [1.807, 2.05) is 12.3 Å². The predicted octanol–water partition coefficient (Wildman–Crippen LogP) is 2.33. The summed E-state index contributed by atoms with van der Waals surface area (Å²) in [5.41, 5.74) is 2.73. The maximum absolute atomic E-state index is 5.43. The van der Waals surface area contributed by atoms with Gasteiger partial charge in [0.25, 0.3) is 0 Å². The van der Waals surface area contributed by atoms with Crippen LogP contribution < -0.4 is 9.80 Å². The molecule has 2 saturated heterocycles. The second-order valence-corrected chi connectivity index (χ2v) is 7.59. The van der Waals surface area contributed by atoms with E-state index in [0.717, 1.165) is 57.7 Å². The fourth-order valence-corrected chi connectivity index (χ4v) is 3.98. The van der Waals surface area contributed by atoms with Gasteiger partial charge in [-0.3, -0.25) is 4.90 Å². The summed E-state index contributed by atoms with van der Waals surface area (Å²) < 4.78 is 5.43. The molecule has 2 aliphatic rings. The molecule has 6 nitrogen and oxygen atoms in total. The summed E-state index contributed by atoms with van der Waals surface area (Å²) >= 11 is 0. The van der Waals surface area contributed by atoms with Crippen molar-refractivity contribution in [2.75, 3.05) is 56.2 Å². The molecule has 0 saturated carbocycles. The SMILES string of the molecule is Cc1cccc(CN2CCC(N(C)c3ccnc(N4CCOCC4)n3)C2)c1. The molecule has 0 aliphatic carbocycles. The summed E-state index contributed by atoms with van der Waals surface area (Å²) in [5, 5.41) is 0. The van der Waals surface area contributed by atoms with Crippen molar-refractivity contribution in [2.24, 2.45) is 0 Å². The fourth-order valence-electron chi connectivity index (χ4n) is 3.98. The molecule has 0 radical (unpaired) electrons. The number of hydrogen-bond donors (Lipinski definition) is 0. The Morgan fingerprint density at radius 3 is 2.85 bits per heavy atom. The molecule has 0 spiro atoms. The number of likely N-dealkylation sites (tertiary alicyclic amines) is 1. The van der Waals surface area contributed by atoms with Crippen LogP contribution >= 0.6 is 0 Å². The largest absolute Gasteiger partial charge is 0.378 e. The Morgan fingerprint density at radius 1 is 1.19 bits per heavy atom. The highest BCUT2D eigenvalue weighted by atomic mass is 16.5. The third kappa shape index (κ3) is 4.39. The third-order valence-electron chi connectivity index (χ3n) is 5.57. The molecule has 1 aromatic carbocycles. The zero-order chi connectivity index (χ0) is 18.6. The first-order valence-corrected chi connectivity index (χ1v) is 9.85. The molecular weight excluding hydrogens is 338 g/mol. The topological polar surface area (TPSA) is 44.7 Å². The predicted molar refractivity (Wildman–Crippen MR) is 108 cm³/mol. The second kappa shape index (κ2) is 8.23. The Hall–Kier alpha value is -2.18. The lowest BCUT2D eigenvalue weighted by molar-refractivity contribution is 0.122. The minimum absolute atomic E-state index is 0.488. The lowest BCUT2D eigenvalue weighted by Crippen LogP contribution is -2.38. The minimum Gasteiger partial charge on any atom is -0.378 e. The van der Waals surface area contributed by atoms with E-state index in [2.05, 4.69) is 57.9 Å². The summed E-state index contributed by atoms with van der Waals surface area (Å²) in [6, 6.07) is 11.3. The Kier molecular flexibility index (Phi) is 5.55. The summed E-state index contributed by atoms with van der Waals surface area (Å²) in [6.07, 6.45) is 3.04. The molecule has 4 rings (SSSR count). The van der Waals surface area contributed by atoms with E-state index in [-0.39, 0.29) is 0 Å². The number of rotatable bonds is 5. The first-order chi connectivity index (χ1) is 13.2. The van der Waals surface area contributed by atoms with Gasteiger partial charge in [0.15, 0.2) is 0 Å². The summed E-state index contributed by atoms with van der Waals surface area (Å²) in [4.78, 5) is 16.4. The van der Waals surface area contributed by atoms with Gasteiger partial charge in [-0.25, -0.2) is 4.98 Å². The van der Waals surface area contributed by atoms with Gasteiger partial charge in [-0.05, 0) is 25.0 Å². The number of hydrogen-bond acceptors (Lipinski definition) is 6. The van der Waals surface area contributed by atoms with Gasteiger partial charge in [0.2, 0.25) is 5.95 Å². The molecule has 1 aromatic heterocycles. The van der Waals surface area contributed by atoms with Crippen LogP contribution in [0.2, 0.25) is 0 Å². The molecule has 0 bridgehead atoms. The van der Waals surface area contributed by atoms with Gasteiger partial charge < -0.3 is 14.5 Å².